The van der Waals surface area contributed by atoms with Gasteiger partial charge in [-0.25, -0.2) is 4.79 Å². The summed E-state index contributed by atoms with van der Waals surface area (Å²) in [5, 5.41) is 20.9. The van der Waals surface area contributed by atoms with Crippen molar-refractivity contribution >= 4 is 17.8 Å². The molecule has 1 saturated carbocycles. The molecule has 1 aromatic heterocycles. The van der Waals surface area contributed by atoms with Crippen molar-refractivity contribution in [2.45, 2.75) is 58.5 Å². The number of rotatable bonds is 6. The number of aromatic carboxylic acids is 1. The first-order valence-corrected chi connectivity index (χ1v) is 11.3. The van der Waals surface area contributed by atoms with Crippen LogP contribution in [0.2, 0.25) is 0 Å². The number of carbonyl (C=O) groups is 1. The van der Waals surface area contributed by atoms with Crippen LogP contribution < -0.4 is 15.5 Å². The highest BCUT2D eigenvalue weighted by Crippen LogP contribution is 2.45. The lowest BCUT2D eigenvalue weighted by Crippen LogP contribution is -2.33. The molecule has 1 fully saturated rings. The summed E-state index contributed by atoms with van der Waals surface area (Å²) in [6.07, 6.45) is 8.88. The molecule has 2 aromatic rings. The average molecular weight is 450 g/mol. The van der Waals surface area contributed by atoms with E-state index in [0.29, 0.717) is 23.9 Å². The quantitative estimate of drug-likeness (QED) is 0.564. The number of fused-ring (bicyclic) bond motifs is 3. The second-order valence-corrected chi connectivity index (χ2v) is 9.98. The zero-order valence-corrected chi connectivity index (χ0v) is 19.6. The molecule has 1 aliphatic carbocycles. The molecule has 3 N–H and O–H groups in total. The summed E-state index contributed by atoms with van der Waals surface area (Å²) in [5.41, 5.74) is 3.22. The molecule has 0 saturated heterocycles. The van der Waals surface area contributed by atoms with Crippen LogP contribution in [0.1, 0.15) is 67.6 Å². The number of aromatic nitrogens is 1. The number of ether oxygens (including phenoxy) is 1. The first-order chi connectivity index (χ1) is 15.6. The van der Waals surface area contributed by atoms with E-state index in [0.717, 1.165) is 35.1 Å². The Balaban J connectivity index is 1.89. The maximum Gasteiger partial charge on any atom is 0.341 e. The topological polar surface area (TPSA) is 104 Å². The average Bonchev–Trinajstić information content (AvgIpc) is 2.72. The van der Waals surface area contributed by atoms with Gasteiger partial charge in [0.05, 0.1) is 12.8 Å². The largest absolute Gasteiger partial charge is 0.496 e. The van der Waals surface area contributed by atoms with Crippen LogP contribution in [-0.2, 0) is 6.42 Å². The molecule has 1 atom stereocenters. The number of benzene rings is 1. The van der Waals surface area contributed by atoms with Crippen molar-refractivity contribution in [1.29, 1.82) is 5.41 Å². The molecule has 33 heavy (non-hydrogen) atoms. The van der Waals surface area contributed by atoms with Crippen LogP contribution in [0.3, 0.4) is 0 Å². The Bertz CT molecular complexity index is 1200. The minimum Gasteiger partial charge on any atom is -0.496 e. The van der Waals surface area contributed by atoms with Crippen LogP contribution in [0.25, 0.3) is 16.8 Å². The SMILES string of the molecule is COc1cc2c(cc1/C(C=N)=C/NC1CCC1)CC(C(C)(C)C)n1cc(C(=O)O)c(=O)cc1-2. The normalized spacial score (nSPS) is 18.1. The molecule has 1 unspecified atom stereocenters. The first-order valence-electron chi connectivity index (χ1n) is 11.3. The van der Waals surface area contributed by atoms with E-state index in [4.69, 9.17) is 10.1 Å². The van der Waals surface area contributed by atoms with Crippen molar-refractivity contribution in [3.05, 3.63) is 57.5 Å². The predicted octanol–water partition coefficient (Wildman–Crippen LogP) is 4.50. The number of carboxylic acid groups (broad SMARTS) is 1. The van der Waals surface area contributed by atoms with Crippen LogP contribution >= 0.6 is 0 Å². The van der Waals surface area contributed by atoms with Gasteiger partial charge in [-0.1, -0.05) is 20.8 Å². The van der Waals surface area contributed by atoms with Crippen LogP contribution in [0.5, 0.6) is 5.75 Å². The van der Waals surface area contributed by atoms with E-state index in [1.165, 1.54) is 24.9 Å². The summed E-state index contributed by atoms with van der Waals surface area (Å²) in [6, 6.07) is 5.78. The lowest BCUT2D eigenvalue weighted by atomic mass is 9.78. The molecule has 1 aliphatic heterocycles. The van der Waals surface area contributed by atoms with Gasteiger partial charge in [0.1, 0.15) is 11.3 Å². The van der Waals surface area contributed by atoms with E-state index in [1.54, 1.807) is 7.11 Å². The van der Waals surface area contributed by atoms with Gasteiger partial charge in [-0.15, -0.1) is 0 Å². The number of allylic oxidation sites excluding steroid dienone is 1. The molecule has 174 valence electrons. The monoisotopic (exact) mass is 449 g/mol. The fraction of sp³-hybridized carbons (Fsp3) is 0.423. The zero-order valence-electron chi connectivity index (χ0n) is 19.6. The van der Waals surface area contributed by atoms with Crippen molar-refractivity contribution in [3.8, 4) is 17.0 Å². The van der Waals surface area contributed by atoms with E-state index in [1.807, 2.05) is 22.9 Å². The number of pyridine rings is 1. The van der Waals surface area contributed by atoms with Gasteiger partial charge in [-0.2, -0.15) is 0 Å². The van der Waals surface area contributed by atoms with Gasteiger partial charge in [-0.3, -0.25) is 4.79 Å². The Morgan fingerprint density at radius 3 is 2.52 bits per heavy atom. The van der Waals surface area contributed by atoms with Gasteiger partial charge in [-0.05, 0) is 48.8 Å². The number of nitrogens with one attached hydrogen (secondary N) is 2. The van der Waals surface area contributed by atoms with Crippen molar-refractivity contribution in [1.82, 2.24) is 9.88 Å². The van der Waals surface area contributed by atoms with Crippen LogP contribution in [0, 0.1) is 10.8 Å². The Kier molecular flexibility index (Phi) is 5.91. The van der Waals surface area contributed by atoms with Crippen LogP contribution in [0.15, 0.2) is 35.4 Å². The Hall–Kier alpha value is -3.35. The lowest BCUT2D eigenvalue weighted by molar-refractivity contribution is 0.0693. The van der Waals surface area contributed by atoms with Crippen LogP contribution in [0.4, 0.5) is 0 Å². The number of hydrogen-bond donors (Lipinski definition) is 3. The summed E-state index contributed by atoms with van der Waals surface area (Å²) in [4.78, 5) is 24.2. The Morgan fingerprint density at radius 1 is 1.24 bits per heavy atom. The highest BCUT2D eigenvalue weighted by Gasteiger charge is 2.34. The van der Waals surface area contributed by atoms with Gasteiger partial charge in [0.25, 0.3) is 0 Å². The Morgan fingerprint density at radius 2 is 1.97 bits per heavy atom. The Labute approximate surface area is 193 Å². The minimum absolute atomic E-state index is 0.0412. The zero-order chi connectivity index (χ0) is 23.9. The van der Waals surface area contributed by atoms with Crippen molar-refractivity contribution < 1.29 is 14.6 Å². The van der Waals surface area contributed by atoms with E-state index in [-0.39, 0.29) is 17.0 Å². The fourth-order valence-electron chi connectivity index (χ4n) is 4.62. The summed E-state index contributed by atoms with van der Waals surface area (Å²) in [6.45, 7) is 6.34. The molecule has 7 nitrogen and oxygen atoms in total. The fourth-order valence-corrected chi connectivity index (χ4v) is 4.62. The molecule has 0 amide bonds. The molecular formula is C26H31N3O4. The summed E-state index contributed by atoms with van der Waals surface area (Å²) in [5.74, 6) is -0.615. The highest BCUT2D eigenvalue weighted by molar-refractivity contribution is 6.09. The van der Waals surface area contributed by atoms with E-state index in [9.17, 15) is 14.7 Å². The third-order valence-corrected chi connectivity index (χ3v) is 6.81. The van der Waals surface area contributed by atoms with Gasteiger partial charge in [0.2, 0.25) is 0 Å². The highest BCUT2D eigenvalue weighted by atomic mass is 16.5. The van der Waals surface area contributed by atoms with Gasteiger partial charge < -0.3 is 25.1 Å². The molecule has 7 heteroatoms. The molecule has 0 spiro atoms. The smallest absolute Gasteiger partial charge is 0.341 e. The third kappa shape index (κ3) is 4.19. The standard InChI is InChI=1S/C26H31N3O4/c1-26(2,3)24-9-15-8-19(16(12-27)13-28-17-6-5-7-17)23(33-4)10-18(15)21-11-22(30)20(25(31)32)14-29(21)24/h8,10-14,17,24,27-28H,5-7,9H2,1-4H3,(H,31,32)/b16-13+,27-12?. The van der Waals surface area contributed by atoms with Crippen molar-refractivity contribution in [3.63, 3.8) is 0 Å². The second kappa shape index (κ2) is 8.54. The number of methoxy groups -OCH3 is 1. The lowest BCUT2D eigenvalue weighted by Gasteiger charge is -2.39. The molecule has 2 heterocycles. The van der Waals surface area contributed by atoms with E-state index in [2.05, 4.69) is 26.1 Å². The van der Waals surface area contributed by atoms with Crippen molar-refractivity contribution in [2.75, 3.05) is 7.11 Å². The number of hydrogen-bond acceptors (Lipinski definition) is 5. The predicted molar refractivity (Wildman–Crippen MR) is 129 cm³/mol. The van der Waals surface area contributed by atoms with E-state index >= 15 is 0 Å². The molecular weight excluding hydrogens is 418 g/mol. The van der Waals surface area contributed by atoms with E-state index < -0.39 is 11.4 Å². The van der Waals surface area contributed by atoms with Crippen molar-refractivity contribution in [2.24, 2.45) is 5.41 Å². The molecule has 4 rings (SSSR count). The maximum absolute atomic E-state index is 12.6. The van der Waals surface area contributed by atoms with Gasteiger partial charge >= 0.3 is 5.97 Å². The summed E-state index contributed by atoms with van der Waals surface area (Å²) >= 11 is 0. The molecule has 1 aromatic carbocycles. The summed E-state index contributed by atoms with van der Waals surface area (Å²) < 4.78 is 7.62. The first kappa shape index (κ1) is 22.8. The minimum atomic E-state index is -1.22. The van der Waals surface area contributed by atoms with Crippen LogP contribution in [-0.4, -0.2) is 35.0 Å². The maximum atomic E-state index is 12.6. The van der Waals surface area contributed by atoms with Gasteiger partial charge in [0, 0.05) is 53.5 Å². The summed E-state index contributed by atoms with van der Waals surface area (Å²) in [7, 11) is 1.59. The number of carboxylic acids is 1. The van der Waals surface area contributed by atoms with Gasteiger partial charge in [0.15, 0.2) is 5.43 Å². The molecule has 2 aliphatic rings. The second-order valence-electron chi connectivity index (χ2n) is 9.98. The number of nitrogens with zero attached hydrogens (tertiary/aromatic N) is 1. The third-order valence-electron chi connectivity index (χ3n) is 6.81. The molecule has 0 radical (unpaired) electrons. The molecule has 0 bridgehead atoms.